The molecule has 1 unspecified atom stereocenters. The van der Waals surface area contributed by atoms with Crippen LogP contribution in [0.15, 0.2) is 18.2 Å². The van der Waals surface area contributed by atoms with Crippen molar-refractivity contribution in [1.82, 2.24) is 0 Å². The van der Waals surface area contributed by atoms with Gasteiger partial charge in [-0.3, -0.25) is 0 Å². The summed E-state index contributed by atoms with van der Waals surface area (Å²) in [6.45, 7) is 9.05. The van der Waals surface area contributed by atoms with E-state index in [-0.39, 0.29) is 0 Å². The van der Waals surface area contributed by atoms with Gasteiger partial charge in [0.15, 0.2) is 0 Å². The van der Waals surface area contributed by atoms with Gasteiger partial charge in [0.2, 0.25) is 0 Å². The van der Waals surface area contributed by atoms with E-state index in [1.807, 2.05) is 0 Å². The molecule has 0 bridgehead atoms. The van der Waals surface area contributed by atoms with Crippen LogP contribution in [0, 0.1) is 12.0 Å². The highest BCUT2D eigenvalue weighted by atomic mass is 14.3. The van der Waals surface area contributed by atoms with Gasteiger partial charge in [0.05, 0.1) is 0 Å². The molecule has 1 atom stereocenters. The van der Waals surface area contributed by atoms with E-state index < -0.39 is 0 Å². The second-order valence-corrected chi connectivity index (χ2v) is 5.04. The Morgan fingerprint density at radius 3 is 2.47 bits per heavy atom. The van der Waals surface area contributed by atoms with Crippen molar-refractivity contribution in [3.05, 3.63) is 41.0 Å². The number of benzene rings is 1. The SMILES string of the molecule is CC(C)c1cccc2c1C=[C]C2C(C)C. The average molecular weight is 199 g/mol. The minimum atomic E-state index is 0.499. The molecule has 1 aromatic carbocycles. The highest BCUT2D eigenvalue weighted by Crippen LogP contribution is 2.38. The molecule has 0 nitrogen and oxygen atoms in total. The van der Waals surface area contributed by atoms with Crippen LogP contribution in [0.1, 0.15) is 56.2 Å². The lowest BCUT2D eigenvalue weighted by Gasteiger charge is -2.17. The van der Waals surface area contributed by atoms with Crippen LogP contribution < -0.4 is 0 Å². The van der Waals surface area contributed by atoms with Gasteiger partial charge in [-0.05, 0) is 34.6 Å². The van der Waals surface area contributed by atoms with Crippen molar-refractivity contribution in [2.45, 2.75) is 39.5 Å². The molecule has 1 aliphatic carbocycles. The van der Waals surface area contributed by atoms with E-state index in [0.29, 0.717) is 17.8 Å². The van der Waals surface area contributed by atoms with E-state index in [1.54, 1.807) is 0 Å². The maximum Gasteiger partial charge on any atom is 0.0122 e. The molecule has 0 aliphatic heterocycles. The quantitative estimate of drug-likeness (QED) is 0.663. The van der Waals surface area contributed by atoms with E-state index in [1.165, 1.54) is 16.7 Å². The molecule has 0 heterocycles. The van der Waals surface area contributed by atoms with Gasteiger partial charge in [-0.15, -0.1) is 0 Å². The molecule has 0 spiro atoms. The highest BCUT2D eigenvalue weighted by Gasteiger charge is 2.22. The van der Waals surface area contributed by atoms with Gasteiger partial charge in [-0.25, -0.2) is 0 Å². The zero-order valence-corrected chi connectivity index (χ0v) is 10.0. The summed E-state index contributed by atoms with van der Waals surface area (Å²) in [5.74, 6) is 1.74. The number of rotatable bonds is 2. The standard InChI is InChI=1S/C15H19/c1-10(2)12-6-5-7-14-13(11(3)4)8-9-15(12)14/h5-7,9-11,13H,1-4H3. The summed E-state index contributed by atoms with van der Waals surface area (Å²) in [6.07, 6.45) is 5.68. The minimum Gasteiger partial charge on any atom is -0.0619 e. The Balaban J connectivity index is 2.48. The summed E-state index contributed by atoms with van der Waals surface area (Å²) in [4.78, 5) is 0. The van der Waals surface area contributed by atoms with Gasteiger partial charge < -0.3 is 0 Å². The Morgan fingerprint density at radius 2 is 1.87 bits per heavy atom. The Labute approximate surface area is 93.0 Å². The highest BCUT2D eigenvalue weighted by molar-refractivity contribution is 5.64. The molecular weight excluding hydrogens is 180 g/mol. The normalized spacial score (nSPS) is 18.9. The molecule has 1 radical (unpaired) electrons. The first-order chi connectivity index (χ1) is 7.11. The molecule has 79 valence electrons. The van der Waals surface area contributed by atoms with Crippen LogP contribution in [0.4, 0.5) is 0 Å². The van der Waals surface area contributed by atoms with E-state index >= 15 is 0 Å². The third-order valence-corrected chi connectivity index (χ3v) is 3.20. The van der Waals surface area contributed by atoms with Gasteiger partial charge in [-0.1, -0.05) is 52.0 Å². The van der Waals surface area contributed by atoms with Gasteiger partial charge in [0.1, 0.15) is 0 Å². The molecule has 0 saturated carbocycles. The topological polar surface area (TPSA) is 0 Å². The van der Waals surface area contributed by atoms with Gasteiger partial charge in [0.25, 0.3) is 0 Å². The van der Waals surface area contributed by atoms with Crippen molar-refractivity contribution in [3.63, 3.8) is 0 Å². The summed E-state index contributed by atoms with van der Waals surface area (Å²) in [6, 6.07) is 6.68. The van der Waals surface area contributed by atoms with Gasteiger partial charge >= 0.3 is 0 Å². The zero-order chi connectivity index (χ0) is 11.0. The Bertz CT molecular complexity index is 383. The van der Waals surface area contributed by atoms with Crippen molar-refractivity contribution in [2.24, 2.45) is 5.92 Å². The third-order valence-electron chi connectivity index (χ3n) is 3.20. The lowest BCUT2D eigenvalue weighted by molar-refractivity contribution is 0.574. The third kappa shape index (κ3) is 1.73. The maximum atomic E-state index is 3.49. The van der Waals surface area contributed by atoms with Crippen molar-refractivity contribution < 1.29 is 0 Å². The van der Waals surface area contributed by atoms with E-state index in [0.717, 1.165) is 0 Å². The minimum absolute atomic E-state index is 0.499. The van der Waals surface area contributed by atoms with E-state index in [2.05, 4.69) is 58.0 Å². The smallest absolute Gasteiger partial charge is 0.0122 e. The Morgan fingerprint density at radius 1 is 1.13 bits per heavy atom. The summed E-state index contributed by atoms with van der Waals surface area (Å²) < 4.78 is 0. The fraction of sp³-hybridized carbons (Fsp3) is 0.467. The van der Waals surface area contributed by atoms with Gasteiger partial charge in [0, 0.05) is 5.92 Å². The van der Waals surface area contributed by atoms with Crippen LogP contribution >= 0.6 is 0 Å². The first kappa shape index (κ1) is 10.5. The Kier molecular flexibility index (Phi) is 2.68. The fourth-order valence-corrected chi connectivity index (χ4v) is 2.36. The lowest BCUT2D eigenvalue weighted by Crippen LogP contribution is -2.03. The van der Waals surface area contributed by atoms with E-state index in [4.69, 9.17) is 0 Å². The molecule has 0 fully saturated rings. The molecular formula is C15H19. The summed E-state index contributed by atoms with van der Waals surface area (Å²) >= 11 is 0. The molecule has 0 saturated heterocycles. The summed E-state index contributed by atoms with van der Waals surface area (Å²) in [7, 11) is 0. The number of hydrogen-bond acceptors (Lipinski definition) is 0. The predicted molar refractivity (Wildman–Crippen MR) is 65.8 cm³/mol. The van der Waals surface area contributed by atoms with Crippen LogP contribution in [0.2, 0.25) is 0 Å². The molecule has 0 amide bonds. The second-order valence-electron chi connectivity index (χ2n) is 5.04. The summed E-state index contributed by atoms with van der Waals surface area (Å²) in [5.41, 5.74) is 4.35. The van der Waals surface area contributed by atoms with Crippen molar-refractivity contribution in [2.75, 3.05) is 0 Å². The first-order valence-corrected chi connectivity index (χ1v) is 5.83. The fourth-order valence-electron chi connectivity index (χ4n) is 2.36. The molecule has 1 aromatic rings. The predicted octanol–water partition coefficient (Wildman–Crippen LogP) is 4.38. The second kappa shape index (κ2) is 3.84. The van der Waals surface area contributed by atoms with Crippen LogP contribution in [0.25, 0.3) is 6.08 Å². The monoisotopic (exact) mass is 199 g/mol. The van der Waals surface area contributed by atoms with Crippen molar-refractivity contribution in [1.29, 1.82) is 0 Å². The number of allylic oxidation sites excluding steroid dienone is 1. The zero-order valence-electron chi connectivity index (χ0n) is 10.0. The maximum absolute atomic E-state index is 3.49. The summed E-state index contributed by atoms with van der Waals surface area (Å²) in [5, 5.41) is 0. The van der Waals surface area contributed by atoms with E-state index in [9.17, 15) is 0 Å². The molecule has 0 aromatic heterocycles. The number of hydrogen-bond donors (Lipinski definition) is 0. The largest absolute Gasteiger partial charge is 0.0619 e. The van der Waals surface area contributed by atoms with Crippen LogP contribution in [0.3, 0.4) is 0 Å². The molecule has 2 rings (SSSR count). The average Bonchev–Trinajstić information content (AvgIpc) is 2.59. The Hall–Kier alpha value is -1.04. The van der Waals surface area contributed by atoms with Crippen molar-refractivity contribution >= 4 is 6.08 Å². The molecule has 0 N–H and O–H groups in total. The molecule has 15 heavy (non-hydrogen) atoms. The van der Waals surface area contributed by atoms with Crippen LogP contribution in [0.5, 0.6) is 0 Å². The molecule has 1 aliphatic rings. The lowest BCUT2D eigenvalue weighted by atomic mass is 9.87. The van der Waals surface area contributed by atoms with Crippen molar-refractivity contribution in [3.8, 4) is 0 Å². The van der Waals surface area contributed by atoms with Gasteiger partial charge in [-0.2, -0.15) is 0 Å². The van der Waals surface area contributed by atoms with Crippen LogP contribution in [-0.2, 0) is 0 Å². The molecule has 0 heteroatoms. The number of fused-ring (bicyclic) bond motifs is 1. The first-order valence-electron chi connectivity index (χ1n) is 5.83. The van der Waals surface area contributed by atoms with Crippen LogP contribution in [-0.4, -0.2) is 0 Å².